The van der Waals surface area contributed by atoms with Gasteiger partial charge in [0.25, 0.3) is 0 Å². The lowest BCUT2D eigenvalue weighted by Gasteiger charge is -2.41. The van der Waals surface area contributed by atoms with Crippen molar-refractivity contribution in [2.45, 2.75) is 38.6 Å². The normalized spacial score (nSPS) is 18.1. The molecule has 1 heterocycles. The summed E-state index contributed by atoms with van der Waals surface area (Å²) in [6.07, 6.45) is 4.12. The quantitative estimate of drug-likeness (QED) is 0.769. The van der Waals surface area contributed by atoms with Crippen molar-refractivity contribution in [3.05, 3.63) is 54.6 Å². The Hall–Kier alpha value is -2.17. The number of hydrogen-bond donors (Lipinski definition) is 1. The lowest BCUT2D eigenvalue weighted by molar-refractivity contribution is -0.122. The molecule has 0 spiro atoms. The van der Waals surface area contributed by atoms with E-state index in [1.165, 1.54) is 0 Å². The second-order valence-electron chi connectivity index (χ2n) is 7.26. The van der Waals surface area contributed by atoms with E-state index in [1.54, 1.807) is 0 Å². The van der Waals surface area contributed by atoms with Gasteiger partial charge in [0.15, 0.2) is 0 Å². The van der Waals surface area contributed by atoms with Crippen LogP contribution in [0.15, 0.2) is 54.6 Å². The number of hydrogen-bond acceptors (Lipinski definition) is 3. The summed E-state index contributed by atoms with van der Waals surface area (Å²) in [6.45, 7) is 4.32. The van der Waals surface area contributed by atoms with Crippen LogP contribution in [-0.4, -0.2) is 48.2 Å². The second-order valence-corrected chi connectivity index (χ2v) is 7.26. The molecule has 3 rings (SSSR count). The number of unbranched alkanes of at least 4 members (excludes halogenated alkanes) is 1. The minimum atomic E-state index is 0.144. The third-order valence-corrected chi connectivity index (χ3v) is 5.31. The zero-order valence-electron chi connectivity index (χ0n) is 16.2. The first-order valence-electron chi connectivity index (χ1n) is 10.0. The minimum Gasteiger partial charge on any atom is -0.396 e. The maximum atomic E-state index is 12.9. The van der Waals surface area contributed by atoms with E-state index in [9.17, 15) is 9.90 Å². The van der Waals surface area contributed by atoms with E-state index < -0.39 is 0 Å². The molecule has 4 nitrogen and oxygen atoms in total. The van der Waals surface area contributed by atoms with Crippen LogP contribution in [0, 0.1) is 0 Å². The summed E-state index contributed by atoms with van der Waals surface area (Å²) in [6, 6.07) is 18.9. The molecule has 2 aromatic rings. The van der Waals surface area contributed by atoms with Gasteiger partial charge in [0.1, 0.15) is 0 Å². The highest BCUT2D eigenvalue weighted by Gasteiger charge is 2.32. The fourth-order valence-electron chi connectivity index (χ4n) is 3.80. The highest BCUT2D eigenvalue weighted by atomic mass is 16.3. The zero-order valence-corrected chi connectivity index (χ0v) is 16.2. The molecule has 2 aromatic carbocycles. The van der Waals surface area contributed by atoms with Gasteiger partial charge in [-0.3, -0.25) is 9.69 Å². The van der Waals surface area contributed by atoms with Crippen molar-refractivity contribution in [3.8, 4) is 11.1 Å². The zero-order chi connectivity index (χ0) is 19.1. The fraction of sp³-hybridized carbons (Fsp3) is 0.435. The van der Waals surface area contributed by atoms with Crippen molar-refractivity contribution in [3.63, 3.8) is 0 Å². The Bertz CT molecular complexity index is 732. The Balaban J connectivity index is 1.80. The van der Waals surface area contributed by atoms with Crippen LogP contribution in [0.1, 0.15) is 32.6 Å². The molecule has 0 bridgehead atoms. The van der Waals surface area contributed by atoms with Crippen LogP contribution in [0.25, 0.3) is 11.1 Å². The SMILES string of the molecule is CCCCC1CN(c2cccc(-c3ccccc3)c2)C(=O)CN1CCCO. The molecule has 1 N–H and O–H groups in total. The number of piperazine rings is 1. The van der Waals surface area contributed by atoms with Crippen molar-refractivity contribution >= 4 is 11.6 Å². The van der Waals surface area contributed by atoms with E-state index in [0.29, 0.717) is 12.6 Å². The number of amides is 1. The van der Waals surface area contributed by atoms with Gasteiger partial charge in [-0.2, -0.15) is 0 Å². The van der Waals surface area contributed by atoms with Crippen LogP contribution < -0.4 is 4.90 Å². The summed E-state index contributed by atoms with van der Waals surface area (Å²) in [5.41, 5.74) is 3.27. The van der Waals surface area contributed by atoms with Crippen LogP contribution >= 0.6 is 0 Å². The largest absolute Gasteiger partial charge is 0.396 e. The van der Waals surface area contributed by atoms with E-state index in [-0.39, 0.29) is 12.5 Å². The molecule has 1 saturated heterocycles. The molecule has 1 aliphatic heterocycles. The van der Waals surface area contributed by atoms with E-state index in [0.717, 1.165) is 55.6 Å². The van der Waals surface area contributed by atoms with Crippen molar-refractivity contribution in [1.82, 2.24) is 4.90 Å². The van der Waals surface area contributed by atoms with Gasteiger partial charge in [-0.15, -0.1) is 0 Å². The third kappa shape index (κ3) is 4.96. The summed E-state index contributed by atoms with van der Waals surface area (Å²) in [7, 11) is 0. The topological polar surface area (TPSA) is 43.8 Å². The molecule has 1 unspecified atom stereocenters. The average molecular weight is 367 g/mol. The van der Waals surface area contributed by atoms with Crippen LogP contribution in [0.3, 0.4) is 0 Å². The monoisotopic (exact) mass is 366 g/mol. The molecular weight excluding hydrogens is 336 g/mol. The van der Waals surface area contributed by atoms with Crippen LogP contribution in [0.2, 0.25) is 0 Å². The Kier molecular flexibility index (Phi) is 7.02. The standard InChI is InChI=1S/C23H30N2O2/c1-2-3-12-22-17-25(23(27)18-24(22)14-8-15-26)21-13-7-11-20(16-21)19-9-5-4-6-10-19/h4-7,9-11,13,16,22,26H,2-3,8,12,14-15,17-18H2,1H3. The molecule has 0 radical (unpaired) electrons. The van der Waals surface area contributed by atoms with Gasteiger partial charge in [0.2, 0.25) is 5.91 Å². The van der Waals surface area contributed by atoms with Gasteiger partial charge >= 0.3 is 0 Å². The summed E-state index contributed by atoms with van der Waals surface area (Å²) >= 11 is 0. The smallest absolute Gasteiger partial charge is 0.241 e. The lowest BCUT2D eigenvalue weighted by Crippen LogP contribution is -2.56. The van der Waals surface area contributed by atoms with Crippen molar-refractivity contribution < 1.29 is 9.90 Å². The molecule has 0 aromatic heterocycles. The van der Waals surface area contributed by atoms with Gasteiger partial charge < -0.3 is 10.0 Å². The lowest BCUT2D eigenvalue weighted by atomic mass is 10.0. The molecule has 1 amide bonds. The summed E-state index contributed by atoms with van der Waals surface area (Å²) in [5.74, 6) is 0.144. The fourth-order valence-corrected chi connectivity index (χ4v) is 3.80. The van der Waals surface area contributed by atoms with Gasteiger partial charge in [0, 0.05) is 31.4 Å². The van der Waals surface area contributed by atoms with Gasteiger partial charge in [0.05, 0.1) is 6.54 Å². The number of aliphatic hydroxyl groups excluding tert-OH is 1. The predicted octanol–water partition coefficient (Wildman–Crippen LogP) is 3.94. The van der Waals surface area contributed by atoms with Crippen LogP contribution in [0.5, 0.6) is 0 Å². The van der Waals surface area contributed by atoms with Crippen LogP contribution in [-0.2, 0) is 4.79 Å². The van der Waals surface area contributed by atoms with E-state index in [1.807, 2.05) is 35.2 Å². The number of aliphatic hydroxyl groups is 1. The maximum absolute atomic E-state index is 12.9. The Morgan fingerprint density at radius 1 is 1.04 bits per heavy atom. The summed E-state index contributed by atoms with van der Waals surface area (Å²) in [5, 5.41) is 9.17. The molecule has 1 fully saturated rings. The van der Waals surface area contributed by atoms with Crippen molar-refractivity contribution in [1.29, 1.82) is 0 Å². The van der Waals surface area contributed by atoms with E-state index >= 15 is 0 Å². The molecule has 144 valence electrons. The third-order valence-electron chi connectivity index (χ3n) is 5.31. The first-order valence-corrected chi connectivity index (χ1v) is 10.0. The van der Waals surface area contributed by atoms with Gasteiger partial charge in [-0.25, -0.2) is 0 Å². The number of anilines is 1. The van der Waals surface area contributed by atoms with E-state index in [4.69, 9.17) is 0 Å². The number of rotatable bonds is 8. The summed E-state index contributed by atoms with van der Waals surface area (Å²) in [4.78, 5) is 17.1. The molecule has 1 atom stereocenters. The van der Waals surface area contributed by atoms with Crippen LogP contribution in [0.4, 0.5) is 5.69 Å². The molecule has 1 aliphatic rings. The highest BCUT2D eigenvalue weighted by Crippen LogP contribution is 2.27. The number of nitrogens with zero attached hydrogens (tertiary/aromatic N) is 2. The van der Waals surface area contributed by atoms with E-state index in [2.05, 4.69) is 36.1 Å². The maximum Gasteiger partial charge on any atom is 0.241 e. The number of carbonyl (C=O) groups excluding carboxylic acids is 1. The Labute approximate surface area is 162 Å². The van der Waals surface area contributed by atoms with Crippen molar-refractivity contribution in [2.24, 2.45) is 0 Å². The first kappa shape index (κ1) is 19.6. The van der Waals surface area contributed by atoms with Gasteiger partial charge in [-0.05, 0) is 36.1 Å². The first-order chi connectivity index (χ1) is 13.2. The summed E-state index contributed by atoms with van der Waals surface area (Å²) < 4.78 is 0. The molecule has 0 saturated carbocycles. The molecular formula is C23H30N2O2. The molecule has 4 heteroatoms. The second kappa shape index (κ2) is 9.67. The Morgan fingerprint density at radius 2 is 1.81 bits per heavy atom. The number of carbonyl (C=O) groups is 1. The van der Waals surface area contributed by atoms with Gasteiger partial charge in [-0.1, -0.05) is 62.2 Å². The Morgan fingerprint density at radius 3 is 2.56 bits per heavy atom. The molecule has 27 heavy (non-hydrogen) atoms. The minimum absolute atomic E-state index is 0.144. The number of benzene rings is 2. The van der Waals surface area contributed by atoms with Crippen molar-refractivity contribution in [2.75, 3.05) is 31.1 Å². The average Bonchev–Trinajstić information content (AvgIpc) is 2.72. The highest BCUT2D eigenvalue weighted by molar-refractivity contribution is 5.96. The predicted molar refractivity (Wildman–Crippen MR) is 111 cm³/mol. The molecule has 0 aliphatic carbocycles.